The van der Waals surface area contributed by atoms with Gasteiger partial charge in [0.25, 0.3) is 5.91 Å². The van der Waals surface area contributed by atoms with Gasteiger partial charge >= 0.3 is 0 Å². The van der Waals surface area contributed by atoms with E-state index >= 15 is 0 Å². The summed E-state index contributed by atoms with van der Waals surface area (Å²) in [5.41, 5.74) is 1.99. The Bertz CT molecular complexity index is 1040. The van der Waals surface area contributed by atoms with Gasteiger partial charge in [-0.05, 0) is 39.2 Å². The average molecular weight is 469 g/mol. The first-order valence-corrected chi connectivity index (χ1v) is 15.4. The molecule has 1 saturated carbocycles. The Labute approximate surface area is 197 Å². The van der Waals surface area contributed by atoms with Crippen molar-refractivity contribution in [2.75, 3.05) is 11.9 Å². The molecule has 1 aromatic heterocycles. The molecule has 7 nitrogen and oxygen atoms in total. The second-order valence-electron chi connectivity index (χ2n) is 10.8. The summed E-state index contributed by atoms with van der Waals surface area (Å²) in [7, 11) is -1.70. The summed E-state index contributed by atoms with van der Waals surface area (Å²) in [5, 5.41) is 10.5. The zero-order valence-electron chi connectivity index (χ0n) is 20.6. The van der Waals surface area contributed by atoms with Crippen LogP contribution in [-0.4, -0.2) is 41.6 Å². The Morgan fingerprint density at radius 3 is 2.42 bits per heavy atom. The zero-order valence-corrected chi connectivity index (χ0v) is 21.6. The van der Waals surface area contributed by atoms with Gasteiger partial charge < -0.3 is 15.0 Å². The second-order valence-corrected chi connectivity index (χ2v) is 16.3. The molecule has 0 bridgehead atoms. The van der Waals surface area contributed by atoms with Crippen molar-refractivity contribution >= 4 is 25.7 Å². The van der Waals surface area contributed by atoms with Crippen molar-refractivity contribution in [2.24, 2.45) is 0 Å². The number of rotatable bonds is 7. The minimum absolute atomic E-state index is 0.0845. The first-order chi connectivity index (χ1) is 15.5. The van der Waals surface area contributed by atoms with E-state index < -0.39 is 19.7 Å². The summed E-state index contributed by atoms with van der Waals surface area (Å²) in [6, 6.07) is 9.60. The van der Waals surface area contributed by atoms with Crippen LogP contribution in [0.15, 0.2) is 30.3 Å². The average Bonchev–Trinajstić information content (AvgIpc) is 3.22. The van der Waals surface area contributed by atoms with Crippen molar-refractivity contribution in [3.8, 4) is 0 Å². The third-order valence-electron chi connectivity index (χ3n) is 7.71. The highest BCUT2D eigenvalue weighted by molar-refractivity contribution is 6.83. The van der Waals surface area contributed by atoms with Crippen LogP contribution in [0.1, 0.15) is 63.0 Å². The maximum absolute atomic E-state index is 13.7. The molecule has 2 heterocycles. The van der Waals surface area contributed by atoms with Gasteiger partial charge in [-0.2, -0.15) is 5.10 Å². The molecular weight excluding hydrogens is 432 g/mol. The van der Waals surface area contributed by atoms with Gasteiger partial charge in [-0.15, -0.1) is 0 Å². The zero-order chi connectivity index (χ0) is 24.0. The van der Waals surface area contributed by atoms with Crippen LogP contribution < -0.4 is 5.32 Å². The normalized spacial score (nSPS) is 19.5. The first kappa shape index (κ1) is 23.7. The first-order valence-electron chi connectivity index (χ1n) is 11.9. The molecule has 1 atom stereocenters. The fraction of sp³-hybridized carbons (Fsp3) is 0.560. The van der Waals surface area contributed by atoms with Crippen molar-refractivity contribution in [3.05, 3.63) is 47.2 Å². The Morgan fingerprint density at radius 1 is 1.21 bits per heavy atom. The predicted octanol–water partition coefficient (Wildman–Crippen LogP) is 4.97. The van der Waals surface area contributed by atoms with Crippen molar-refractivity contribution in [1.29, 1.82) is 0 Å². The highest BCUT2D eigenvalue weighted by atomic mass is 28.3. The molecule has 0 radical (unpaired) electrons. The van der Waals surface area contributed by atoms with E-state index in [2.05, 4.69) is 35.2 Å². The molecule has 2 amide bonds. The summed E-state index contributed by atoms with van der Waals surface area (Å²) < 4.78 is 5.89. The number of nitrogens with zero attached hydrogens (tertiary/aromatic N) is 2. The number of benzene rings is 1. The summed E-state index contributed by atoms with van der Waals surface area (Å²) in [4.78, 5) is 28.9. The van der Waals surface area contributed by atoms with E-state index in [1.165, 1.54) is 0 Å². The van der Waals surface area contributed by atoms with Crippen molar-refractivity contribution < 1.29 is 14.3 Å². The summed E-state index contributed by atoms with van der Waals surface area (Å²) in [6.07, 6.45) is 2.33. The van der Waals surface area contributed by atoms with E-state index in [9.17, 15) is 9.59 Å². The number of aromatic amines is 1. The monoisotopic (exact) mass is 468 g/mol. The van der Waals surface area contributed by atoms with Gasteiger partial charge in [-0.3, -0.25) is 14.7 Å². The van der Waals surface area contributed by atoms with Crippen molar-refractivity contribution in [3.63, 3.8) is 0 Å². The summed E-state index contributed by atoms with van der Waals surface area (Å²) in [5.74, 6) is 0.546. The third kappa shape index (κ3) is 3.83. The molecule has 1 aliphatic heterocycles. The minimum atomic E-state index is -1.70. The van der Waals surface area contributed by atoms with Crippen LogP contribution >= 0.6 is 0 Å². The molecule has 33 heavy (non-hydrogen) atoms. The van der Waals surface area contributed by atoms with E-state index in [0.717, 1.165) is 36.1 Å². The van der Waals surface area contributed by atoms with Gasteiger partial charge in [0.2, 0.25) is 5.91 Å². The van der Waals surface area contributed by atoms with Gasteiger partial charge in [-0.1, -0.05) is 56.4 Å². The summed E-state index contributed by atoms with van der Waals surface area (Å²) >= 11 is 0. The maximum atomic E-state index is 13.7. The van der Waals surface area contributed by atoms with Gasteiger partial charge in [0.15, 0.2) is 11.9 Å². The number of anilines is 1. The Balaban J connectivity index is 1.59. The van der Waals surface area contributed by atoms with Gasteiger partial charge in [0.05, 0.1) is 25.9 Å². The summed E-state index contributed by atoms with van der Waals surface area (Å²) in [6.45, 7) is 13.5. The maximum Gasteiger partial charge on any atom is 0.257 e. The Hall–Kier alpha value is -2.45. The molecule has 178 valence electrons. The highest BCUT2D eigenvalue weighted by Gasteiger charge is 2.54. The van der Waals surface area contributed by atoms with Gasteiger partial charge in [0.1, 0.15) is 0 Å². The van der Waals surface area contributed by atoms with Crippen LogP contribution in [0.4, 0.5) is 5.82 Å². The SMILES string of the molecule is CCO[C@@H](C(=O)N1Cc2c(NC(=O)C3([Si](C)(C)C)CCC3)n[nH]c2C1(C)C)c1ccccc1. The molecule has 0 saturated heterocycles. The van der Waals surface area contributed by atoms with E-state index in [1.54, 1.807) is 0 Å². The number of fused-ring (bicyclic) bond motifs is 1. The van der Waals surface area contributed by atoms with E-state index in [0.29, 0.717) is 19.0 Å². The number of H-pyrrole nitrogens is 1. The van der Waals surface area contributed by atoms with E-state index in [-0.39, 0.29) is 16.9 Å². The molecule has 2 N–H and O–H groups in total. The van der Waals surface area contributed by atoms with E-state index in [1.807, 2.05) is 56.0 Å². The fourth-order valence-corrected chi connectivity index (χ4v) is 7.89. The van der Waals surface area contributed by atoms with Gasteiger partial charge in [-0.25, -0.2) is 0 Å². The minimum Gasteiger partial charge on any atom is -0.364 e. The van der Waals surface area contributed by atoms with Crippen LogP contribution in [0, 0.1) is 0 Å². The van der Waals surface area contributed by atoms with Crippen LogP contribution in [0.25, 0.3) is 0 Å². The molecule has 1 aromatic carbocycles. The Morgan fingerprint density at radius 2 is 1.88 bits per heavy atom. The smallest absolute Gasteiger partial charge is 0.257 e. The number of aromatic nitrogens is 2. The standard InChI is InChI=1S/C25H36N4O3Si/c1-7-32-19(17-12-9-8-10-13-17)22(30)29-16-18-20(24(29,2)3)27-28-21(18)26-23(31)25(14-11-15-25)33(4,5)6/h8-10,12-13,19H,7,11,14-16H2,1-6H3,(H2,26,27,28,31)/t19-/m1/s1. The predicted molar refractivity (Wildman–Crippen MR) is 131 cm³/mol. The third-order valence-corrected chi connectivity index (χ3v) is 11.3. The largest absolute Gasteiger partial charge is 0.364 e. The lowest BCUT2D eigenvalue weighted by molar-refractivity contribution is -0.149. The molecule has 0 unspecified atom stereocenters. The topological polar surface area (TPSA) is 87.3 Å². The van der Waals surface area contributed by atoms with Crippen LogP contribution in [0.3, 0.4) is 0 Å². The van der Waals surface area contributed by atoms with Crippen molar-refractivity contribution in [2.45, 2.75) is 82.9 Å². The van der Waals surface area contributed by atoms with E-state index in [4.69, 9.17) is 4.74 Å². The number of carbonyl (C=O) groups is 2. The lowest BCUT2D eigenvalue weighted by Gasteiger charge is -2.48. The molecule has 4 rings (SSSR count). The van der Waals surface area contributed by atoms with Crippen LogP contribution in [-0.2, 0) is 26.4 Å². The van der Waals surface area contributed by atoms with Crippen molar-refractivity contribution in [1.82, 2.24) is 15.1 Å². The highest BCUT2D eigenvalue weighted by Crippen LogP contribution is 2.56. The second kappa shape index (κ2) is 8.40. The van der Waals surface area contributed by atoms with Crippen LogP contribution in [0.5, 0.6) is 0 Å². The molecule has 8 heteroatoms. The van der Waals surface area contributed by atoms with Crippen LogP contribution in [0.2, 0.25) is 24.7 Å². The molecule has 0 spiro atoms. The number of carbonyl (C=O) groups excluding carboxylic acids is 2. The lowest BCUT2D eigenvalue weighted by Crippen LogP contribution is -2.52. The molecule has 2 aromatic rings. The molecule has 1 aliphatic carbocycles. The number of hydrogen-bond donors (Lipinski definition) is 2. The lowest BCUT2D eigenvalue weighted by atomic mass is 9.83. The Kier molecular flexibility index (Phi) is 6.03. The number of ether oxygens (including phenoxy) is 1. The molecular formula is C25H36N4O3Si. The fourth-order valence-electron chi connectivity index (χ4n) is 5.29. The number of nitrogens with one attached hydrogen (secondary N) is 2. The molecule has 2 aliphatic rings. The van der Waals surface area contributed by atoms with Gasteiger partial charge in [0, 0.05) is 17.2 Å². The quantitative estimate of drug-likeness (QED) is 0.562. The number of hydrogen-bond acceptors (Lipinski definition) is 4. The number of amides is 2. The molecule has 1 fully saturated rings.